The van der Waals surface area contributed by atoms with Gasteiger partial charge in [0.25, 0.3) is 0 Å². The molecule has 1 aliphatic rings. The number of hydrogen-bond acceptors (Lipinski definition) is 5. The van der Waals surface area contributed by atoms with Crippen molar-refractivity contribution >= 4 is 35.2 Å². The van der Waals surface area contributed by atoms with Crippen molar-refractivity contribution in [2.75, 3.05) is 20.0 Å². The molecule has 5 nitrogen and oxygen atoms in total. The molecule has 1 fully saturated rings. The van der Waals surface area contributed by atoms with E-state index in [1.54, 1.807) is 25.3 Å². The lowest BCUT2D eigenvalue weighted by atomic mass is 10.2. The first-order chi connectivity index (χ1) is 10.0. The van der Waals surface area contributed by atoms with Crippen molar-refractivity contribution in [3.05, 3.63) is 39.9 Å². The molecule has 1 amide bonds. The zero-order valence-electron chi connectivity index (χ0n) is 11.6. The first kappa shape index (κ1) is 15.7. The monoisotopic (exact) mass is 327 g/mol. The van der Waals surface area contributed by atoms with Gasteiger partial charge in [0.1, 0.15) is 5.75 Å². The normalized spacial score (nSPS) is 16.4. The molecule has 1 heterocycles. The van der Waals surface area contributed by atoms with Gasteiger partial charge in [-0.25, -0.2) is 4.79 Å². The third-order valence-corrected chi connectivity index (χ3v) is 4.18. The standard InChI is InChI=1S/C14H14ClNO4S/c1-19-11-4-3-10(15)5-9(11)7-16-12(17)8-21-13(16)6-14(18)20-2/h3-6H,7-8H2,1-2H3/b13-6-. The fourth-order valence-corrected chi connectivity index (χ4v) is 3.02. The van der Waals surface area contributed by atoms with Crippen molar-refractivity contribution in [1.82, 2.24) is 4.90 Å². The molecule has 0 unspecified atom stereocenters. The molecule has 21 heavy (non-hydrogen) atoms. The van der Waals surface area contributed by atoms with Gasteiger partial charge in [0.05, 0.1) is 37.6 Å². The summed E-state index contributed by atoms with van der Waals surface area (Å²) in [4.78, 5) is 24.9. The summed E-state index contributed by atoms with van der Waals surface area (Å²) in [7, 11) is 2.85. The Morgan fingerprint density at radius 3 is 2.90 bits per heavy atom. The number of nitrogens with zero attached hydrogens (tertiary/aromatic N) is 1. The van der Waals surface area contributed by atoms with Crippen LogP contribution in [0.3, 0.4) is 0 Å². The molecule has 1 saturated heterocycles. The molecule has 7 heteroatoms. The number of ether oxygens (including phenoxy) is 2. The zero-order chi connectivity index (χ0) is 15.4. The Balaban J connectivity index is 2.28. The minimum Gasteiger partial charge on any atom is -0.496 e. The molecule has 0 radical (unpaired) electrons. The second kappa shape index (κ2) is 6.87. The second-order valence-electron chi connectivity index (χ2n) is 4.23. The predicted octanol–water partition coefficient (Wildman–Crippen LogP) is 2.44. The number of hydrogen-bond donors (Lipinski definition) is 0. The molecule has 0 bridgehead atoms. The number of thioether (sulfide) groups is 1. The van der Waals surface area contributed by atoms with Crippen molar-refractivity contribution in [1.29, 1.82) is 0 Å². The minimum atomic E-state index is -0.491. The van der Waals surface area contributed by atoms with Crippen LogP contribution in [-0.2, 0) is 20.9 Å². The van der Waals surface area contributed by atoms with E-state index in [0.29, 0.717) is 28.1 Å². The van der Waals surface area contributed by atoms with Gasteiger partial charge >= 0.3 is 5.97 Å². The molecule has 1 aliphatic heterocycles. The highest BCUT2D eigenvalue weighted by atomic mass is 35.5. The Morgan fingerprint density at radius 1 is 1.48 bits per heavy atom. The van der Waals surface area contributed by atoms with E-state index in [2.05, 4.69) is 4.74 Å². The van der Waals surface area contributed by atoms with Crippen molar-refractivity contribution in [2.24, 2.45) is 0 Å². The summed E-state index contributed by atoms with van der Waals surface area (Å²) in [5, 5.41) is 1.12. The van der Waals surface area contributed by atoms with Crippen LogP contribution in [0.15, 0.2) is 29.3 Å². The summed E-state index contributed by atoms with van der Waals surface area (Å²) in [6, 6.07) is 5.21. The van der Waals surface area contributed by atoms with Gasteiger partial charge in [-0.1, -0.05) is 23.4 Å². The van der Waals surface area contributed by atoms with Crippen molar-refractivity contribution in [3.8, 4) is 5.75 Å². The number of carbonyl (C=O) groups excluding carboxylic acids is 2. The second-order valence-corrected chi connectivity index (χ2v) is 5.66. The van der Waals surface area contributed by atoms with Crippen LogP contribution >= 0.6 is 23.4 Å². The van der Waals surface area contributed by atoms with Crippen molar-refractivity contribution in [2.45, 2.75) is 6.54 Å². The number of esters is 1. The Labute approximate surface area is 131 Å². The van der Waals surface area contributed by atoms with Crippen LogP contribution < -0.4 is 4.74 Å². The maximum Gasteiger partial charge on any atom is 0.333 e. The molecule has 1 aromatic carbocycles. The van der Waals surface area contributed by atoms with Gasteiger partial charge in [0.15, 0.2) is 0 Å². The van der Waals surface area contributed by atoms with Crippen LogP contribution in [-0.4, -0.2) is 36.7 Å². The number of benzene rings is 1. The highest BCUT2D eigenvalue weighted by Crippen LogP contribution is 2.33. The number of rotatable bonds is 4. The molecule has 2 rings (SSSR count). The van der Waals surface area contributed by atoms with Crippen LogP contribution in [0.2, 0.25) is 5.02 Å². The fourth-order valence-electron chi connectivity index (χ4n) is 1.90. The number of amides is 1. The summed E-state index contributed by atoms with van der Waals surface area (Å²) in [6.07, 6.45) is 1.31. The quantitative estimate of drug-likeness (QED) is 0.628. The largest absolute Gasteiger partial charge is 0.496 e. The third-order valence-electron chi connectivity index (χ3n) is 2.92. The molecule has 0 saturated carbocycles. The summed E-state index contributed by atoms with van der Waals surface area (Å²) >= 11 is 7.29. The van der Waals surface area contributed by atoms with E-state index in [1.807, 2.05) is 0 Å². The molecule has 0 aliphatic carbocycles. The molecule has 0 N–H and O–H groups in total. The van der Waals surface area contributed by atoms with Crippen LogP contribution in [0.1, 0.15) is 5.56 Å². The van der Waals surface area contributed by atoms with Gasteiger partial charge in [-0.05, 0) is 18.2 Å². The third kappa shape index (κ3) is 3.71. The predicted molar refractivity (Wildman–Crippen MR) is 81.1 cm³/mol. The van der Waals surface area contributed by atoms with Crippen LogP contribution in [0.25, 0.3) is 0 Å². The number of halogens is 1. The molecule has 0 aromatic heterocycles. The first-order valence-corrected chi connectivity index (χ1v) is 7.46. The molecule has 0 atom stereocenters. The van der Waals surface area contributed by atoms with E-state index in [4.69, 9.17) is 16.3 Å². The summed E-state index contributed by atoms with van der Waals surface area (Å²) in [5.41, 5.74) is 0.775. The number of methoxy groups -OCH3 is 2. The highest BCUT2D eigenvalue weighted by Gasteiger charge is 2.28. The minimum absolute atomic E-state index is 0.0721. The highest BCUT2D eigenvalue weighted by molar-refractivity contribution is 8.04. The summed E-state index contributed by atoms with van der Waals surface area (Å²) in [6.45, 7) is 0.290. The van der Waals surface area contributed by atoms with Gasteiger partial charge in [0.2, 0.25) is 5.91 Å². The Hall–Kier alpha value is -1.66. The van der Waals surface area contributed by atoms with E-state index in [0.717, 1.165) is 5.56 Å². The summed E-state index contributed by atoms with van der Waals surface area (Å²) < 4.78 is 9.87. The first-order valence-electron chi connectivity index (χ1n) is 6.10. The SMILES string of the molecule is COC(=O)/C=C1\SCC(=O)N1Cc1cc(Cl)ccc1OC. The topological polar surface area (TPSA) is 55.8 Å². The molecule has 1 aromatic rings. The average Bonchev–Trinajstić information content (AvgIpc) is 2.80. The van der Waals surface area contributed by atoms with E-state index in [-0.39, 0.29) is 5.91 Å². The maximum absolute atomic E-state index is 12.0. The molecular formula is C14H14ClNO4S. The number of carbonyl (C=O) groups is 2. The Bertz CT molecular complexity index is 603. The molecular weight excluding hydrogens is 314 g/mol. The lowest BCUT2D eigenvalue weighted by molar-refractivity contribution is -0.134. The summed E-state index contributed by atoms with van der Waals surface area (Å²) in [5.74, 6) is 0.375. The van der Waals surface area contributed by atoms with Gasteiger partial charge < -0.3 is 14.4 Å². The van der Waals surface area contributed by atoms with Gasteiger partial charge in [-0.15, -0.1) is 0 Å². The average molecular weight is 328 g/mol. The lowest BCUT2D eigenvalue weighted by Gasteiger charge is -2.18. The van der Waals surface area contributed by atoms with Gasteiger partial charge in [-0.2, -0.15) is 0 Å². The lowest BCUT2D eigenvalue weighted by Crippen LogP contribution is -2.24. The smallest absolute Gasteiger partial charge is 0.333 e. The van der Waals surface area contributed by atoms with E-state index >= 15 is 0 Å². The van der Waals surface area contributed by atoms with E-state index in [1.165, 1.54) is 29.8 Å². The van der Waals surface area contributed by atoms with Gasteiger partial charge in [-0.3, -0.25) is 4.79 Å². The van der Waals surface area contributed by atoms with Crippen molar-refractivity contribution < 1.29 is 19.1 Å². The van der Waals surface area contributed by atoms with E-state index in [9.17, 15) is 9.59 Å². The van der Waals surface area contributed by atoms with Crippen LogP contribution in [0.5, 0.6) is 5.75 Å². The maximum atomic E-state index is 12.0. The van der Waals surface area contributed by atoms with Crippen molar-refractivity contribution in [3.63, 3.8) is 0 Å². The fraction of sp³-hybridized carbons (Fsp3) is 0.286. The van der Waals surface area contributed by atoms with Crippen LogP contribution in [0.4, 0.5) is 0 Å². The Kier molecular flexibility index (Phi) is 5.14. The Morgan fingerprint density at radius 2 is 2.24 bits per heavy atom. The molecule has 112 valence electrons. The van der Waals surface area contributed by atoms with Crippen LogP contribution in [0, 0.1) is 0 Å². The van der Waals surface area contributed by atoms with Gasteiger partial charge in [0, 0.05) is 10.6 Å². The molecule has 0 spiro atoms. The zero-order valence-corrected chi connectivity index (χ0v) is 13.2. The van der Waals surface area contributed by atoms with E-state index < -0.39 is 5.97 Å².